The Morgan fingerprint density at radius 1 is 1.61 bits per heavy atom. The van der Waals surface area contributed by atoms with E-state index in [9.17, 15) is 8.42 Å². The Morgan fingerprint density at radius 3 is 2.94 bits per heavy atom. The third-order valence-electron chi connectivity index (χ3n) is 2.83. The van der Waals surface area contributed by atoms with Crippen LogP contribution in [0, 0.1) is 0 Å². The van der Waals surface area contributed by atoms with Gasteiger partial charge in [0.25, 0.3) is 0 Å². The largest absolute Gasteiger partial charge is 0.314 e. The summed E-state index contributed by atoms with van der Waals surface area (Å²) >= 11 is 10.2. The van der Waals surface area contributed by atoms with Crippen LogP contribution in [0.4, 0.5) is 0 Å². The van der Waals surface area contributed by atoms with Crippen molar-refractivity contribution in [3.63, 3.8) is 0 Å². The Hall–Kier alpha value is 0.340. The molecule has 1 aliphatic heterocycles. The van der Waals surface area contributed by atoms with E-state index in [-0.39, 0.29) is 4.21 Å². The van der Waals surface area contributed by atoms with Crippen molar-refractivity contribution in [2.45, 2.75) is 29.5 Å². The molecule has 1 aromatic heterocycles. The Morgan fingerprint density at radius 2 is 2.39 bits per heavy atom. The molecule has 1 aromatic rings. The van der Waals surface area contributed by atoms with Gasteiger partial charge in [0.05, 0.1) is 8.81 Å². The molecular formula is C10H14BrClN2O2S2. The molecule has 2 rings (SSSR count). The van der Waals surface area contributed by atoms with Crippen molar-refractivity contribution in [3.8, 4) is 0 Å². The number of rotatable bonds is 5. The lowest BCUT2D eigenvalue weighted by molar-refractivity contribution is 0.540. The van der Waals surface area contributed by atoms with Crippen LogP contribution in [0.15, 0.2) is 14.1 Å². The lowest BCUT2D eigenvalue weighted by Gasteiger charge is -2.10. The molecule has 102 valence electrons. The van der Waals surface area contributed by atoms with E-state index < -0.39 is 10.0 Å². The van der Waals surface area contributed by atoms with Crippen LogP contribution in [-0.4, -0.2) is 27.5 Å². The average molecular weight is 374 g/mol. The van der Waals surface area contributed by atoms with E-state index in [2.05, 4.69) is 26.0 Å². The summed E-state index contributed by atoms with van der Waals surface area (Å²) in [5.41, 5.74) is 0. The van der Waals surface area contributed by atoms with E-state index in [0.717, 1.165) is 30.7 Å². The molecule has 0 spiro atoms. The van der Waals surface area contributed by atoms with E-state index in [1.807, 2.05) is 0 Å². The maximum absolute atomic E-state index is 12.0. The summed E-state index contributed by atoms with van der Waals surface area (Å²) in [5, 5.41) is 3.76. The predicted octanol–water partition coefficient (Wildman–Crippen LogP) is 2.58. The summed E-state index contributed by atoms with van der Waals surface area (Å²) in [6.45, 7) is 1.48. The van der Waals surface area contributed by atoms with Crippen LogP contribution in [0.5, 0.6) is 0 Å². The zero-order chi connectivity index (χ0) is 13.2. The Labute approximate surface area is 124 Å². The normalized spacial score (nSPS) is 20.4. The highest BCUT2D eigenvalue weighted by molar-refractivity contribution is 9.11. The first-order valence-corrected chi connectivity index (χ1v) is 9.14. The summed E-state index contributed by atoms with van der Waals surface area (Å²) in [5.74, 6) is 0. The molecule has 4 nitrogen and oxygen atoms in total. The molecule has 1 saturated heterocycles. The van der Waals surface area contributed by atoms with E-state index in [0.29, 0.717) is 21.4 Å². The molecule has 1 atom stereocenters. The van der Waals surface area contributed by atoms with E-state index in [1.54, 1.807) is 0 Å². The van der Waals surface area contributed by atoms with Gasteiger partial charge in [0.2, 0.25) is 10.0 Å². The Kier molecular flexibility index (Phi) is 5.07. The van der Waals surface area contributed by atoms with Crippen LogP contribution < -0.4 is 10.0 Å². The number of hydrogen-bond donors (Lipinski definition) is 2. The van der Waals surface area contributed by atoms with Crippen LogP contribution in [0.3, 0.4) is 0 Å². The smallest absolute Gasteiger partial charge is 0.250 e. The van der Waals surface area contributed by atoms with Crippen molar-refractivity contribution < 1.29 is 8.42 Å². The molecule has 0 aliphatic carbocycles. The predicted molar refractivity (Wildman–Crippen MR) is 77.9 cm³/mol. The van der Waals surface area contributed by atoms with Crippen LogP contribution in [0.25, 0.3) is 0 Å². The second-order valence-corrected chi connectivity index (χ2v) is 8.94. The van der Waals surface area contributed by atoms with Crippen LogP contribution >= 0.6 is 38.9 Å². The van der Waals surface area contributed by atoms with Gasteiger partial charge >= 0.3 is 0 Å². The Bertz CT molecular complexity index is 492. The van der Waals surface area contributed by atoms with Gasteiger partial charge in [-0.25, -0.2) is 13.1 Å². The summed E-state index contributed by atoms with van der Waals surface area (Å²) < 4.78 is 27.4. The highest BCUT2D eigenvalue weighted by Crippen LogP contribution is 2.34. The third-order valence-corrected chi connectivity index (χ3v) is 7.24. The lowest BCUT2D eigenvalue weighted by Crippen LogP contribution is -2.30. The van der Waals surface area contributed by atoms with Gasteiger partial charge in [-0.2, -0.15) is 0 Å². The first-order chi connectivity index (χ1) is 8.49. The molecule has 2 heterocycles. The first kappa shape index (κ1) is 14.7. The quantitative estimate of drug-likeness (QED) is 0.834. The van der Waals surface area contributed by atoms with Gasteiger partial charge < -0.3 is 5.32 Å². The van der Waals surface area contributed by atoms with Crippen molar-refractivity contribution >= 4 is 48.9 Å². The highest BCUT2D eigenvalue weighted by atomic mass is 79.9. The van der Waals surface area contributed by atoms with Crippen LogP contribution in [0.1, 0.15) is 19.3 Å². The van der Waals surface area contributed by atoms with Gasteiger partial charge in [-0.3, -0.25) is 0 Å². The number of halogens is 2. The lowest BCUT2D eigenvalue weighted by atomic mass is 10.2. The average Bonchev–Trinajstić information content (AvgIpc) is 2.90. The fourth-order valence-electron chi connectivity index (χ4n) is 1.90. The van der Waals surface area contributed by atoms with E-state index in [4.69, 9.17) is 11.6 Å². The SMILES string of the molecule is O=S(=O)(NCC[C@H]1CCCN1)c1cc(Cl)c(Br)s1. The van der Waals surface area contributed by atoms with Gasteiger partial charge in [0.1, 0.15) is 4.21 Å². The first-order valence-electron chi connectivity index (χ1n) is 5.67. The maximum atomic E-state index is 12.0. The zero-order valence-electron chi connectivity index (χ0n) is 9.58. The minimum atomic E-state index is -3.43. The maximum Gasteiger partial charge on any atom is 0.250 e. The monoisotopic (exact) mass is 372 g/mol. The van der Waals surface area contributed by atoms with Gasteiger partial charge in [0, 0.05) is 12.6 Å². The molecule has 0 amide bonds. The van der Waals surface area contributed by atoms with Crippen LogP contribution in [0.2, 0.25) is 5.02 Å². The molecule has 0 saturated carbocycles. The third kappa shape index (κ3) is 3.68. The molecule has 0 aromatic carbocycles. The van der Waals surface area contributed by atoms with Crippen molar-refractivity contribution in [3.05, 3.63) is 14.9 Å². The van der Waals surface area contributed by atoms with Crippen molar-refractivity contribution in [1.82, 2.24) is 10.0 Å². The molecule has 1 fully saturated rings. The van der Waals surface area contributed by atoms with Crippen LogP contribution in [-0.2, 0) is 10.0 Å². The van der Waals surface area contributed by atoms with Gasteiger partial charge in [-0.15, -0.1) is 11.3 Å². The van der Waals surface area contributed by atoms with Gasteiger partial charge in [0.15, 0.2) is 0 Å². The fraction of sp³-hybridized carbons (Fsp3) is 0.600. The molecule has 1 aliphatic rings. The number of thiophene rings is 1. The molecular weight excluding hydrogens is 360 g/mol. The second-order valence-electron chi connectivity index (χ2n) is 4.17. The van der Waals surface area contributed by atoms with E-state index in [1.165, 1.54) is 12.5 Å². The molecule has 18 heavy (non-hydrogen) atoms. The van der Waals surface area contributed by atoms with E-state index >= 15 is 0 Å². The molecule has 0 radical (unpaired) electrons. The molecule has 2 N–H and O–H groups in total. The number of nitrogens with one attached hydrogen (secondary N) is 2. The molecule has 8 heteroatoms. The summed E-state index contributed by atoms with van der Waals surface area (Å²) in [4.78, 5) is 0. The number of hydrogen-bond acceptors (Lipinski definition) is 4. The van der Waals surface area contributed by atoms with Crippen molar-refractivity contribution in [2.24, 2.45) is 0 Å². The van der Waals surface area contributed by atoms with Crippen molar-refractivity contribution in [1.29, 1.82) is 0 Å². The topological polar surface area (TPSA) is 58.2 Å². The summed E-state index contributed by atoms with van der Waals surface area (Å²) in [7, 11) is -3.43. The highest BCUT2D eigenvalue weighted by Gasteiger charge is 2.20. The van der Waals surface area contributed by atoms with Gasteiger partial charge in [-0.05, 0) is 47.8 Å². The summed E-state index contributed by atoms with van der Waals surface area (Å²) in [6.07, 6.45) is 3.11. The molecule has 0 bridgehead atoms. The Balaban J connectivity index is 1.90. The summed E-state index contributed by atoms with van der Waals surface area (Å²) in [6, 6.07) is 1.90. The van der Waals surface area contributed by atoms with Crippen molar-refractivity contribution in [2.75, 3.05) is 13.1 Å². The minimum Gasteiger partial charge on any atom is -0.314 e. The zero-order valence-corrected chi connectivity index (χ0v) is 13.6. The standard InChI is InChI=1S/C10H14BrClN2O2S2/c11-10-8(12)6-9(17-10)18(15,16)14-5-3-7-2-1-4-13-7/h6-7,13-14H,1-5H2/t7-/m1/s1. The fourth-order valence-corrected chi connectivity index (χ4v) is 5.39. The number of sulfonamides is 1. The molecule has 0 unspecified atom stereocenters. The minimum absolute atomic E-state index is 0.249. The van der Waals surface area contributed by atoms with Gasteiger partial charge in [-0.1, -0.05) is 11.6 Å². The second kappa shape index (κ2) is 6.19.